The second-order valence-corrected chi connectivity index (χ2v) is 7.76. The van der Waals surface area contributed by atoms with Crippen LogP contribution in [0.25, 0.3) is 11.6 Å². The standard InChI is InChI=1S/C22H34N6O2/c1-3-23-21(26-17-22(11-6-7-12-22)13-16-29-4-2)25-15-10-19-27-20(30-28-19)18-9-5-8-14-24-18/h5,8-9,14H,3-4,6-7,10-13,15-17H2,1-2H3,(H2,23,25,26). The molecule has 30 heavy (non-hydrogen) atoms. The Balaban J connectivity index is 1.52. The molecule has 8 nitrogen and oxygen atoms in total. The lowest BCUT2D eigenvalue weighted by atomic mass is 9.83. The first kappa shape index (κ1) is 22.2. The van der Waals surface area contributed by atoms with Crippen LogP contribution in [0.4, 0.5) is 0 Å². The number of aliphatic imine (C=N–C) groups is 1. The molecule has 0 unspecified atom stereocenters. The monoisotopic (exact) mass is 414 g/mol. The zero-order valence-corrected chi connectivity index (χ0v) is 18.2. The highest BCUT2D eigenvalue weighted by Crippen LogP contribution is 2.41. The smallest absolute Gasteiger partial charge is 0.276 e. The van der Waals surface area contributed by atoms with Crippen molar-refractivity contribution in [3.8, 4) is 11.6 Å². The molecule has 2 aromatic rings. The number of nitrogens with zero attached hydrogens (tertiary/aromatic N) is 4. The van der Waals surface area contributed by atoms with Crippen LogP contribution in [0, 0.1) is 5.41 Å². The molecule has 0 atom stereocenters. The van der Waals surface area contributed by atoms with Gasteiger partial charge < -0.3 is 19.9 Å². The molecule has 1 saturated carbocycles. The van der Waals surface area contributed by atoms with Crippen molar-refractivity contribution in [3.63, 3.8) is 0 Å². The number of ether oxygens (including phenoxy) is 1. The van der Waals surface area contributed by atoms with E-state index in [-0.39, 0.29) is 5.41 Å². The fourth-order valence-corrected chi connectivity index (χ4v) is 3.88. The first-order valence-electron chi connectivity index (χ1n) is 11.1. The van der Waals surface area contributed by atoms with Gasteiger partial charge in [-0.05, 0) is 50.7 Å². The Kier molecular flexibility index (Phi) is 8.62. The molecule has 2 heterocycles. The first-order valence-corrected chi connectivity index (χ1v) is 11.1. The van der Waals surface area contributed by atoms with E-state index in [4.69, 9.17) is 14.3 Å². The van der Waals surface area contributed by atoms with Gasteiger partial charge in [0.2, 0.25) is 0 Å². The van der Waals surface area contributed by atoms with Gasteiger partial charge in [-0.1, -0.05) is 24.1 Å². The Bertz CT molecular complexity index is 771. The normalized spacial score (nSPS) is 16.0. The molecule has 1 fully saturated rings. The molecule has 0 bridgehead atoms. The number of rotatable bonds is 11. The largest absolute Gasteiger partial charge is 0.382 e. The lowest BCUT2D eigenvalue weighted by molar-refractivity contribution is 0.107. The third kappa shape index (κ3) is 6.52. The molecule has 1 aliphatic carbocycles. The highest BCUT2D eigenvalue weighted by Gasteiger charge is 2.33. The zero-order valence-electron chi connectivity index (χ0n) is 18.2. The fourth-order valence-electron chi connectivity index (χ4n) is 3.88. The van der Waals surface area contributed by atoms with E-state index in [1.165, 1.54) is 25.7 Å². The summed E-state index contributed by atoms with van der Waals surface area (Å²) in [7, 11) is 0. The average Bonchev–Trinajstić information content (AvgIpc) is 3.43. The Morgan fingerprint density at radius 3 is 2.83 bits per heavy atom. The number of nitrogens with one attached hydrogen (secondary N) is 2. The molecular weight excluding hydrogens is 380 g/mol. The van der Waals surface area contributed by atoms with Crippen LogP contribution in [-0.2, 0) is 11.2 Å². The van der Waals surface area contributed by atoms with Gasteiger partial charge in [0.1, 0.15) is 5.69 Å². The Morgan fingerprint density at radius 2 is 2.10 bits per heavy atom. The quantitative estimate of drug-likeness (QED) is 0.331. The van der Waals surface area contributed by atoms with Crippen molar-refractivity contribution in [1.29, 1.82) is 0 Å². The van der Waals surface area contributed by atoms with E-state index in [2.05, 4.69) is 39.6 Å². The number of pyridine rings is 1. The lowest BCUT2D eigenvalue weighted by Gasteiger charge is -2.27. The molecule has 0 amide bonds. The van der Waals surface area contributed by atoms with E-state index < -0.39 is 0 Å². The van der Waals surface area contributed by atoms with Gasteiger partial charge in [-0.3, -0.25) is 9.98 Å². The molecule has 2 N–H and O–H groups in total. The molecule has 2 aromatic heterocycles. The number of hydrogen-bond acceptors (Lipinski definition) is 6. The minimum absolute atomic E-state index is 0.281. The predicted molar refractivity (Wildman–Crippen MR) is 117 cm³/mol. The molecule has 0 aromatic carbocycles. The Hall–Kier alpha value is -2.48. The summed E-state index contributed by atoms with van der Waals surface area (Å²) in [6.07, 6.45) is 8.51. The van der Waals surface area contributed by atoms with Crippen molar-refractivity contribution in [2.75, 3.05) is 32.8 Å². The van der Waals surface area contributed by atoms with Gasteiger partial charge in [0.15, 0.2) is 11.8 Å². The van der Waals surface area contributed by atoms with Crippen molar-refractivity contribution >= 4 is 5.96 Å². The van der Waals surface area contributed by atoms with Crippen LogP contribution < -0.4 is 10.6 Å². The van der Waals surface area contributed by atoms with E-state index in [1.54, 1.807) is 6.20 Å². The fraction of sp³-hybridized carbons (Fsp3) is 0.636. The van der Waals surface area contributed by atoms with Gasteiger partial charge in [-0.15, -0.1) is 0 Å². The maximum Gasteiger partial charge on any atom is 0.276 e. The third-order valence-electron chi connectivity index (χ3n) is 5.56. The summed E-state index contributed by atoms with van der Waals surface area (Å²) in [5.41, 5.74) is 0.969. The minimum atomic E-state index is 0.281. The highest BCUT2D eigenvalue weighted by molar-refractivity contribution is 5.79. The second kappa shape index (κ2) is 11.6. The molecule has 8 heteroatoms. The molecule has 164 valence electrons. The van der Waals surface area contributed by atoms with Gasteiger partial charge in [0.05, 0.1) is 0 Å². The predicted octanol–water partition coefficient (Wildman–Crippen LogP) is 3.22. The topological polar surface area (TPSA) is 97.5 Å². The number of aromatic nitrogens is 3. The van der Waals surface area contributed by atoms with E-state index >= 15 is 0 Å². The van der Waals surface area contributed by atoms with Crippen LogP contribution in [0.1, 0.15) is 51.8 Å². The van der Waals surface area contributed by atoms with Crippen molar-refractivity contribution in [1.82, 2.24) is 25.8 Å². The average molecular weight is 415 g/mol. The van der Waals surface area contributed by atoms with Crippen molar-refractivity contribution in [3.05, 3.63) is 30.2 Å². The SMILES string of the molecule is CCNC(=NCC1(CCOCC)CCCC1)NCCc1noc(-c2ccccn2)n1. The summed E-state index contributed by atoms with van der Waals surface area (Å²) >= 11 is 0. The van der Waals surface area contributed by atoms with Crippen molar-refractivity contribution in [2.24, 2.45) is 10.4 Å². The molecule has 0 aliphatic heterocycles. The zero-order chi connectivity index (χ0) is 21.1. The molecule has 0 radical (unpaired) electrons. The van der Waals surface area contributed by atoms with Crippen molar-refractivity contribution < 1.29 is 9.26 Å². The van der Waals surface area contributed by atoms with Gasteiger partial charge >= 0.3 is 0 Å². The van der Waals surface area contributed by atoms with Gasteiger partial charge in [0.25, 0.3) is 5.89 Å². The van der Waals surface area contributed by atoms with Crippen LogP contribution >= 0.6 is 0 Å². The van der Waals surface area contributed by atoms with Gasteiger partial charge in [0, 0.05) is 45.5 Å². The minimum Gasteiger partial charge on any atom is -0.382 e. The van der Waals surface area contributed by atoms with E-state index in [1.807, 2.05) is 18.2 Å². The molecular formula is C22H34N6O2. The van der Waals surface area contributed by atoms with Crippen LogP contribution in [0.15, 0.2) is 33.9 Å². The third-order valence-corrected chi connectivity index (χ3v) is 5.56. The number of hydrogen-bond donors (Lipinski definition) is 2. The summed E-state index contributed by atoms with van der Waals surface area (Å²) in [5.74, 6) is 1.94. The van der Waals surface area contributed by atoms with Gasteiger partial charge in [-0.2, -0.15) is 4.98 Å². The summed E-state index contributed by atoms with van der Waals surface area (Å²) in [6, 6.07) is 5.62. The highest BCUT2D eigenvalue weighted by atomic mass is 16.5. The first-order chi connectivity index (χ1) is 14.7. The molecule has 0 spiro atoms. The Labute approximate surface area is 178 Å². The summed E-state index contributed by atoms with van der Waals surface area (Å²) in [5, 5.41) is 10.8. The van der Waals surface area contributed by atoms with Crippen LogP contribution in [0.5, 0.6) is 0 Å². The molecule has 1 aliphatic rings. The van der Waals surface area contributed by atoms with E-state index in [0.29, 0.717) is 30.4 Å². The van der Waals surface area contributed by atoms with E-state index in [9.17, 15) is 0 Å². The van der Waals surface area contributed by atoms with Crippen LogP contribution in [-0.4, -0.2) is 53.9 Å². The maximum absolute atomic E-state index is 5.62. The number of guanidine groups is 1. The second-order valence-electron chi connectivity index (χ2n) is 7.76. The summed E-state index contributed by atoms with van der Waals surface area (Å²) in [4.78, 5) is 13.6. The van der Waals surface area contributed by atoms with Crippen LogP contribution in [0.2, 0.25) is 0 Å². The maximum atomic E-state index is 5.62. The van der Waals surface area contributed by atoms with Crippen molar-refractivity contribution in [2.45, 2.75) is 52.4 Å². The van der Waals surface area contributed by atoms with Gasteiger partial charge in [-0.25, -0.2) is 0 Å². The van der Waals surface area contributed by atoms with E-state index in [0.717, 1.165) is 38.7 Å². The summed E-state index contributed by atoms with van der Waals surface area (Å²) < 4.78 is 10.9. The molecule has 3 rings (SSSR count). The molecule has 0 saturated heterocycles. The van der Waals surface area contributed by atoms with Crippen LogP contribution in [0.3, 0.4) is 0 Å². The lowest BCUT2D eigenvalue weighted by Crippen LogP contribution is -2.39. The Morgan fingerprint density at radius 1 is 1.23 bits per heavy atom. The summed E-state index contributed by atoms with van der Waals surface area (Å²) in [6.45, 7) is 8.07.